The average Bonchev–Trinajstić information content (AvgIpc) is 3.64. The lowest BCUT2D eigenvalue weighted by molar-refractivity contribution is -0.253. The van der Waals surface area contributed by atoms with Gasteiger partial charge in [0, 0.05) is 44.7 Å². The highest BCUT2D eigenvalue weighted by Gasteiger charge is 2.47. The summed E-state index contributed by atoms with van der Waals surface area (Å²) in [6.07, 6.45) is -5.04. The normalized spacial score (nSPS) is 20.8. The van der Waals surface area contributed by atoms with Crippen LogP contribution in [0.15, 0.2) is 109 Å². The molecule has 2 aliphatic rings. The predicted molar refractivity (Wildman–Crippen MR) is 184 cm³/mol. The molecule has 11 heteroatoms. The molecule has 0 spiro atoms. The molecule has 2 amide bonds. The number of amides is 2. The molecule has 0 saturated carbocycles. The van der Waals surface area contributed by atoms with Crippen LogP contribution in [-0.2, 0) is 45.3 Å². The van der Waals surface area contributed by atoms with Crippen LogP contribution >= 0.6 is 0 Å². The molecule has 2 N–H and O–H groups in total. The van der Waals surface area contributed by atoms with Crippen molar-refractivity contribution in [1.29, 1.82) is 0 Å². The van der Waals surface area contributed by atoms with E-state index in [1.165, 1.54) is 11.1 Å². The van der Waals surface area contributed by atoms with Crippen molar-refractivity contribution < 1.29 is 37.3 Å². The summed E-state index contributed by atoms with van der Waals surface area (Å²) in [5, 5.41) is 12.3. The molecule has 0 unspecified atom stereocenters. The van der Waals surface area contributed by atoms with Crippen LogP contribution in [0.4, 0.5) is 13.2 Å². The largest absolute Gasteiger partial charge is 0.471 e. The molecule has 2 saturated heterocycles. The Balaban J connectivity index is 1.16. The number of hydrogen-bond donors (Lipinski definition) is 2. The Hall–Kier alpha value is -4.55. The fraction of sp³-hybridized carbons (Fsp3) is 0.350. The SMILES string of the molecule is O=C(NCc1ccc([C@@H]2O[C@H](CN(Cc3ccccc3)Cc3ccccc3)C[C@H](c3ccc(CO)cc3)O2)cc1)[C@@H]1CCCN1C(=O)C(F)(F)F. The molecule has 0 bridgehead atoms. The number of hydrogen-bond acceptors (Lipinski definition) is 6. The van der Waals surface area contributed by atoms with E-state index in [0.717, 1.165) is 35.3 Å². The van der Waals surface area contributed by atoms with Crippen molar-refractivity contribution in [1.82, 2.24) is 15.1 Å². The van der Waals surface area contributed by atoms with Crippen LogP contribution in [-0.4, -0.2) is 58.1 Å². The number of halogens is 3. The molecule has 268 valence electrons. The van der Waals surface area contributed by atoms with Crippen LogP contribution in [0.1, 0.15) is 65.0 Å². The molecule has 8 nitrogen and oxygen atoms in total. The summed E-state index contributed by atoms with van der Waals surface area (Å²) < 4.78 is 52.3. The number of rotatable bonds is 12. The number of ether oxygens (including phenoxy) is 2. The highest BCUT2D eigenvalue weighted by molar-refractivity contribution is 5.90. The quantitative estimate of drug-likeness (QED) is 0.173. The third kappa shape index (κ3) is 9.62. The first-order valence-electron chi connectivity index (χ1n) is 17.2. The number of nitrogens with zero attached hydrogens (tertiary/aromatic N) is 2. The number of aliphatic hydroxyl groups excluding tert-OH is 1. The Morgan fingerprint density at radius 2 is 1.37 bits per heavy atom. The standard InChI is InChI=1S/C40H42F3N3O5/c41-40(42,43)39(49)46-21-7-12-35(46)37(48)44-23-28-13-19-33(20-14-28)38-50-34(22-36(51-38)32-17-15-31(27-47)16-18-32)26-45(24-29-8-3-1-4-9-29)25-30-10-5-2-6-11-30/h1-6,8-11,13-20,34-36,38,47H,7,12,21-27H2,(H,44,48)/t34-,35-,36+,38+/m0/s1. The second kappa shape index (κ2) is 16.6. The van der Waals surface area contributed by atoms with E-state index in [4.69, 9.17) is 9.47 Å². The van der Waals surface area contributed by atoms with Crippen molar-refractivity contribution >= 4 is 11.8 Å². The zero-order valence-electron chi connectivity index (χ0n) is 28.2. The summed E-state index contributed by atoms with van der Waals surface area (Å²) in [5.41, 5.74) is 5.70. The molecule has 4 aromatic carbocycles. The van der Waals surface area contributed by atoms with Gasteiger partial charge in [-0.1, -0.05) is 109 Å². The maximum Gasteiger partial charge on any atom is 0.471 e. The molecule has 2 aliphatic heterocycles. The van der Waals surface area contributed by atoms with Crippen LogP contribution in [0, 0.1) is 0 Å². The number of alkyl halides is 3. The molecular formula is C40H42F3N3O5. The first kappa shape index (κ1) is 36.2. The Bertz CT molecular complexity index is 1680. The minimum absolute atomic E-state index is 0.0501. The van der Waals surface area contributed by atoms with Crippen LogP contribution in [0.5, 0.6) is 0 Å². The number of carbonyl (C=O) groups excluding carboxylic acids is 2. The summed E-state index contributed by atoms with van der Waals surface area (Å²) in [4.78, 5) is 27.6. The van der Waals surface area contributed by atoms with Gasteiger partial charge in [-0.2, -0.15) is 13.2 Å². The van der Waals surface area contributed by atoms with Gasteiger partial charge in [0.2, 0.25) is 5.91 Å². The van der Waals surface area contributed by atoms with Gasteiger partial charge in [-0.3, -0.25) is 14.5 Å². The number of carbonyl (C=O) groups is 2. The second-order valence-corrected chi connectivity index (χ2v) is 13.1. The van der Waals surface area contributed by atoms with Crippen LogP contribution in [0.3, 0.4) is 0 Å². The Morgan fingerprint density at radius 3 is 1.96 bits per heavy atom. The van der Waals surface area contributed by atoms with Gasteiger partial charge >= 0.3 is 12.1 Å². The lowest BCUT2D eigenvalue weighted by atomic mass is 9.99. The summed E-state index contributed by atoms with van der Waals surface area (Å²) >= 11 is 0. The van der Waals surface area contributed by atoms with E-state index in [0.29, 0.717) is 24.3 Å². The van der Waals surface area contributed by atoms with Crippen molar-refractivity contribution in [3.05, 3.63) is 143 Å². The lowest BCUT2D eigenvalue weighted by Gasteiger charge is -2.38. The van der Waals surface area contributed by atoms with E-state index in [2.05, 4.69) is 34.5 Å². The molecule has 2 heterocycles. The van der Waals surface area contributed by atoms with Crippen molar-refractivity contribution in [2.75, 3.05) is 13.1 Å². The van der Waals surface area contributed by atoms with E-state index in [9.17, 15) is 27.9 Å². The van der Waals surface area contributed by atoms with Crippen molar-refractivity contribution in [2.24, 2.45) is 0 Å². The van der Waals surface area contributed by atoms with Gasteiger partial charge in [-0.05, 0) is 40.7 Å². The predicted octanol–water partition coefficient (Wildman–Crippen LogP) is 6.60. The molecule has 4 aromatic rings. The summed E-state index contributed by atoms with van der Waals surface area (Å²) in [6, 6.07) is 34.6. The van der Waals surface area contributed by atoms with Crippen molar-refractivity contribution in [2.45, 2.75) is 76.2 Å². The van der Waals surface area contributed by atoms with Gasteiger partial charge in [0.25, 0.3) is 0 Å². The number of aliphatic hydroxyl groups is 1. The number of likely N-dealkylation sites (tertiary alicyclic amines) is 1. The lowest BCUT2D eigenvalue weighted by Crippen LogP contribution is -2.50. The molecule has 51 heavy (non-hydrogen) atoms. The topological polar surface area (TPSA) is 91.3 Å². The maximum atomic E-state index is 13.0. The highest BCUT2D eigenvalue weighted by Crippen LogP contribution is 2.38. The van der Waals surface area contributed by atoms with Crippen molar-refractivity contribution in [3.8, 4) is 0 Å². The maximum absolute atomic E-state index is 13.0. The van der Waals surface area contributed by atoms with Crippen molar-refractivity contribution in [3.63, 3.8) is 0 Å². The van der Waals surface area contributed by atoms with Crippen LogP contribution in [0.25, 0.3) is 0 Å². The molecule has 0 aromatic heterocycles. The Kier molecular flexibility index (Phi) is 11.8. The third-order valence-electron chi connectivity index (χ3n) is 9.35. The molecule has 0 aliphatic carbocycles. The van der Waals surface area contributed by atoms with Crippen LogP contribution in [0.2, 0.25) is 0 Å². The van der Waals surface area contributed by atoms with Gasteiger partial charge in [0.05, 0.1) is 18.8 Å². The highest BCUT2D eigenvalue weighted by atomic mass is 19.4. The van der Waals surface area contributed by atoms with Crippen LogP contribution < -0.4 is 5.32 Å². The monoisotopic (exact) mass is 701 g/mol. The van der Waals surface area contributed by atoms with Gasteiger partial charge in [0.1, 0.15) is 6.04 Å². The first-order valence-corrected chi connectivity index (χ1v) is 17.2. The number of benzene rings is 4. The Morgan fingerprint density at radius 1 is 0.784 bits per heavy atom. The van der Waals surface area contributed by atoms with Gasteiger partial charge in [0.15, 0.2) is 6.29 Å². The third-order valence-corrected chi connectivity index (χ3v) is 9.35. The zero-order valence-corrected chi connectivity index (χ0v) is 28.2. The smallest absolute Gasteiger partial charge is 0.392 e. The summed E-state index contributed by atoms with van der Waals surface area (Å²) in [5.74, 6) is -2.59. The van der Waals surface area contributed by atoms with E-state index >= 15 is 0 Å². The van der Waals surface area contributed by atoms with E-state index in [1.807, 2.05) is 84.9 Å². The van der Waals surface area contributed by atoms with E-state index < -0.39 is 30.3 Å². The molecule has 0 radical (unpaired) electrons. The van der Waals surface area contributed by atoms with E-state index in [1.54, 1.807) is 0 Å². The van der Waals surface area contributed by atoms with Gasteiger partial charge in [-0.15, -0.1) is 0 Å². The molecule has 6 rings (SSSR count). The molecular weight excluding hydrogens is 659 g/mol. The number of nitrogens with one attached hydrogen (secondary N) is 1. The van der Waals surface area contributed by atoms with Gasteiger partial charge in [-0.25, -0.2) is 0 Å². The minimum atomic E-state index is -5.02. The summed E-state index contributed by atoms with van der Waals surface area (Å²) in [7, 11) is 0. The second-order valence-electron chi connectivity index (χ2n) is 13.1. The fourth-order valence-corrected chi connectivity index (χ4v) is 6.73. The average molecular weight is 702 g/mol. The Labute approximate surface area is 295 Å². The fourth-order valence-electron chi connectivity index (χ4n) is 6.73. The zero-order chi connectivity index (χ0) is 35.8. The van der Waals surface area contributed by atoms with E-state index in [-0.39, 0.29) is 38.3 Å². The molecule has 4 atom stereocenters. The first-order chi connectivity index (χ1) is 24.7. The molecule has 2 fully saturated rings. The summed E-state index contributed by atoms with van der Waals surface area (Å²) in [6.45, 7) is 2.06. The minimum Gasteiger partial charge on any atom is -0.392 e. The van der Waals surface area contributed by atoms with Gasteiger partial charge < -0.3 is 24.8 Å².